The summed E-state index contributed by atoms with van der Waals surface area (Å²) in [5, 5.41) is 11.0. The van der Waals surface area contributed by atoms with Gasteiger partial charge in [-0.25, -0.2) is 9.78 Å². The zero-order valence-electron chi connectivity index (χ0n) is 11.3. The molecule has 104 valence electrons. The number of rotatable bonds is 6. The number of ether oxygens (including phenoxy) is 1. The van der Waals surface area contributed by atoms with Gasteiger partial charge < -0.3 is 9.64 Å². The van der Waals surface area contributed by atoms with Crippen LogP contribution in [0, 0.1) is 10.1 Å². The zero-order chi connectivity index (χ0) is 14.4. The molecular formula is C12H17N3O4. The van der Waals surface area contributed by atoms with Crippen LogP contribution in [-0.4, -0.2) is 36.6 Å². The number of nitrogens with zero attached hydrogens (tertiary/aromatic N) is 3. The van der Waals surface area contributed by atoms with E-state index in [0.29, 0.717) is 6.54 Å². The molecule has 0 amide bonds. The maximum Gasteiger partial charge on any atom is 0.356 e. The number of anilines is 1. The van der Waals surface area contributed by atoms with Crippen LogP contribution in [0.2, 0.25) is 0 Å². The lowest BCUT2D eigenvalue weighted by Gasteiger charge is -2.17. The summed E-state index contributed by atoms with van der Waals surface area (Å²) in [5.41, 5.74) is -0.0577. The molecule has 1 aromatic heterocycles. The number of aromatic nitrogens is 1. The first kappa shape index (κ1) is 14.9. The van der Waals surface area contributed by atoms with Crippen molar-refractivity contribution in [3.05, 3.63) is 27.9 Å². The maximum atomic E-state index is 11.4. The van der Waals surface area contributed by atoms with E-state index in [4.69, 9.17) is 0 Å². The quantitative estimate of drug-likeness (QED) is 0.445. The van der Waals surface area contributed by atoms with E-state index >= 15 is 0 Å². The molecule has 7 heteroatoms. The van der Waals surface area contributed by atoms with Gasteiger partial charge in [-0.3, -0.25) is 10.1 Å². The molecule has 0 unspecified atom stereocenters. The molecule has 0 aliphatic carbocycles. The molecule has 0 spiro atoms. The van der Waals surface area contributed by atoms with Crippen LogP contribution in [0.4, 0.5) is 11.5 Å². The molecular weight excluding hydrogens is 250 g/mol. The minimum atomic E-state index is -0.611. The van der Waals surface area contributed by atoms with Gasteiger partial charge in [0.25, 0.3) is 0 Å². The van der Waals surface area contributed by atoms with E-state index in [9.17, 15) is 14.9 Å². The topological polar surface area (TPSA) is 85.6 Å². The third-order valence-corrected chi connectivity index (χ3v) is 2.65. The average molecular weight is 267 g/mol. The summed E-state index contributed by atoms with van der Waals surface area (Å²) in [4.78, 5) is 27.6. The van der Waals surface area contributed by atoms with E-state index in [-0.39, 0.29) is 17.2 Å². The molecule has 1 aromatic rings. The van der Waals surface area contributed by atoms with Gasteiger partial charge in [-0.1, -0.05) is 13.3 Å². The lowest BCUT2D eigenvalue weighted by Crippen LogP contribution is -2.22. The summed E-state index contributed by atoms with van der Waals surface area (Å²) in [6.07, 6.45) is 1.85. The van der Waals surface area contributed by atoms with Gasteiger partial charge >= 0.3 is 11.7 Å². The maximum absolute atomic E-state index is 11.4. The molecule has 0 atom stereocenters. The molecule has 0 fully saturated rings. The Morgan fingerprint density at radius 2 is 2.21 bits per heavy atom. The van der Waals surface area contributed by atoms with Crippen LogP contribution in [0.5, 0.6) is 0 Å². The molecule has 19 heavy (non-hydrogen) atoms. The highest BCUT2D eigenvalue weighted by Crippen LogP contribution is 2.25. The molecule has 0 saturated carbocycles. The van der Waals surface area contributed by atoms with E-state index < -0.39 is 10.9 Å². The highest BCUT2D eigenvalue weighted by atomic mass is 16.6. The highest BCUT2D eigenvalue weighted by molar-refractivity contribution is 5.88. The molecule has 7 nitrogen and oxygen atoms in total. The number of carbonyl (C=O) groups excluding carboxylic acids is 1. The zero-order valence-corrected chi connectivity index (χ0v) is 11.3. The van der Waals surface area contributed by atoms with Crippen molar-refractivity contribution in [2.75, 3.05) is 25.6 Å². The van der Waals surface area contributed by atoms with Gasteiger partial charge in [0.2, 0.25) is 5.82 Å². The lowest BCUT2D eigenvalue weighted by molar-refractivity contribution is -0.384. The van der Waals surface area contributed by atoms with Gasteiger partial charge in [-0.15, -0.1) is 0 Å². The number of hydrogen-bond donors (Lipinski definition) is 0. The third kappa shape index (κ3) is 3.64. The van der Waals surface area contributed by atoms with E-state index in [1.54, 1.807) is 11.9 Å². The standard InChI is InChI=1S/C12H17N3O4/c1-4-5-8-14(2)11-10(15(17)18)7-6-9(13-11)12(16)19-3/h6-7H,4-5,8H2,1-3H3. The summed E-state index contributed by atoms with van der Waals surface area (Å²) in [6, 6.07) is 2.57. The monoisotopic (exact) mass is 267 g/mol. The molecule has 0 saturated heterocycles. The van der Waals surface area contributed by atoms with Gasteiger partial charge in [0, 0.05) is 19.7 Å². The lowest BCUT2D eigenvalue weighted by atomic mass is 10.2. The van der Waals surface area contributed by atoms with Crippen molar-refractivity contribution in [1.82, 2.24) is 4.98 Å². The number of unbranched alkanes of at least 4 members (excludes halogenated alkanes) is 1. The summed E-state index contributed by atoms with van der Waals surface area (Å²) >= 11 is 0. The largest absolute Gasteiger partial charge is 0.464 e. The predicted octanol–water partition coefficient (Wildman–Crippen LogP) is 2.01. The number of carbonyl (C=O) groups is 1. The number of methoxy groups -OCH3 is 1. The van der Waals surface area contributed by atoms with Crippen LogP contribution in [-0.2, 0) is 4.74 Å². The van der Waals surface area contributed by atoms with Crippen LogP contribution in [0.15, 0.2) is 12.1 Å². The van der Waals surface area contributed by atoms with Crippen LogP contribution < -0.4 is 4.90 Å². The second kappa shape index (κ2) is 6.67. The molecule has 0 aliphatic rings. The van der Waals surface area contributed by atoms with E-state index in [2.05, 4.69) is 9.72 Å². The third-order valence-electron chi connectivity index (χ3n) is 2.65. The van der Waals surface area contributed by atoms with Crippen LogP contribution >= 0.6 is 0 Å². The molecule has 1 heterocycles. The first-order valence-electron chi connectivity index (χ1n) is 5.96. The Bertz CT molecular complexity index is 476. The molecule has 1 rings (SSSR count). The number of hydrogen-bond acceptors (Lipinski definition) is 6. The summed E-state index contributed by atoms with van der Waals surface area (Å²) in [7, 11) is 2.96. The first-order valence-corrected chi connectivity index (χ1v) is 5.96. The highest BCUT2D eigenvalue weighted by Gasteiger charge is 2.21. The fraction of sp³-hybridized carbons (Fsp3) is 0.500. The van der Waals surface area contributed by atoms with Crippen molar-refractivity contribution in [2.24, 2.45) is 0 Å². The Labute approximate surface area is 111 Å². The first-order chi connectivity index (χ1) is 9.01. The number of pyridine rings is 1. The van der Waals surface area contributed by atoms with E-state index in [1.165, 1.54) is 19.2 Å². The van der Waals surface area contributed by atoms with Gasteiger partial charge in [0.15, 0.2) is 5.69 Å². The second-order valence-corrected chi connectivity index (χ2v) is 4.06. The Morgan fingerprint density at radius 3 is 2.74 bits per heavy atom. The molecule has 0 bridgehead atoms. The minimum Gasteiger partial charge on any atom is -0.464 e. The van der Waals surface area contributed by atoms with Crippen molar-refractivity contribution < 1.29 is 14.5 Å². The summed E-state index contributed by atoms with van der Waals surface area (Å²) in [5.74, 6) is -0.429. The Hall–Kier alpha value is -2.18. The van der Waals surface area contributed by atoms with E-state index in [0.717, 1.165) is 12.8 Å². The van der Waals surface area contributed by atoms with Gasteiger partial charge in [-0.2, -0.15) is 0 Å². The number of esters is 1. The fourth-order valence-corrected chi connectivity index (χ4v) is 1.58. The van der Waals surface area contributed by atoms with Gasteiger partial charge in [0.1, 0.15) is 0 Å². The summed E-state index contributed by atoms with van der Waals surface area (Å²) in [6.45, 7) is 2.66. The van der Waals surface area contributed by atoms with Crippen molar-refractivity contribution in [1.29, 1.82) is 0 Å². The smallest absolute Gasteiger partial charge is 0.356 e. The number of nitro groups is 1. The van der Waals surface area contributed by atoms with Gasteiger partial charge in [0.05, 0.1) is 12.0 Å². The fourth-order valence-electron chi connectivity index (χ4n) is 1.58. The molecule has 0 aliphatic heterocycles. The minimum absolute atomic E-state index is 0.0615. The SMILES string of the molecule is CCCCN(C)c1nc(C(=O)OC)ccc1[N+](=O)[O-]. The van der Waals surface area contributed by atoms with Gasteiger partial charge in [-0.05, 0) is 12.5 Å². The Morgan fingerprint density at radius 1 is 1.53 bits per heavy atom. The van der Waals surface area contributed by atoms with Crippen molar-refractivity contribution in [2.45, 2.75) is 19.8 Å². The normalized spacial score (nSPS) is 10.1. The average Bonchev–Trinajstić information content (AvgIpc) is 2.42. The van der Waals surface area contributed by atoms with Crippen LogP contribution in [0.25, 0.3) is 0 Å². The molecule has 0 aromatic carbocycles. The van der Waals surface area contributed by atoms with Crippen molar-refractivity contribution >= 4 is 17.5 Å². The van der Waals surface area contributed by atoms with Crippen LogP contribution in [0.1, 0.15) is 30.3 Å². The second-order valence-electron chi connectivity index (χ2n) is 4.06. The Kier molecular flexibility index (Phi) is 5.23. The van der Waals surface area contributed by atoms with Crippen molar-refractivity contribution in [3.63, 3.8) is 0 Å². The molecule has 0 N–H and O–H groups in total. The van der Waals surface area contributed by atoms with Crippen LogP contribution in [0.3, 0.4) is 0 Å². The predicted molar refractivity (Wildman–Crippen MR) is 70.4 cm³/mol. The van der Waals surface area contributed by atoms with Crippen molar-refractivity contribution in [3.8, 4) is 0 Å². The molecule has 0 radical (unpaired) electrons. The van der Waals surface area contributed by atoms with E-state index in [1.807, 2.05) is 6.92 Å². The Balaban J connectivity index is 3.15. The summed E-state index contributed by atoms with van der Waals surface area (Å²) < 4.78 is 4.56.